The number of hydrogen-bond acceptors (Lipinski definition) is 2. The van der Waals surface area contributed by atoms with Crippen molar-refractivity contribution in [3.63, 3.8) is 0 Å². The van der Waals surface area contributed by atoms with Gasteiger partial charge in [-0.05, 0) is 20.3 Å². The molecule has 0 heterocycles. The topological polar surface area (TPSA) is 74.6 Å². The van der Waals surface area contributed by atoms with E-state index in [1.54, 1.807) is 0 Å². The van der Waals surface area contributed by atoms with Gasteiger partial charge >= 0.3 is 63.3 Å². The van der Waals surface area contributed by atoms with Crippen LogP contribution in [-0.2, 0) is 9.59 Å². The zero-order valence-corrected chi connectivity index (χ0v) is 6.63. The standard InChI is InChI=1S/C7H12O4.K.H/c1-7(2,6(10)11)4-3-5(8)9;;/h3-4H2,1-2H3,(H,8,9)(H,10,11);;. The van der Waals surface area contributed by atoms with Crippen molar-refractivity contribution >= 4 is 63.3 Å². The van der Waals surface area contributed by atoms with Crippen molar-refractivity contribution in [2.45, 2.75) is 26.7 Å². The van der Waals surface area contributed by atoms with E-state index in [0.29, 0.717) is 0 Å². The molecule has 0 saturated carbocycles. The molecule has 0 aromatic heterocycles. The first-order valence-electron chi connectivity index (χ1n) is 3.31. The number of carbonyl (C=O) groups is 2. The molecule has 66 valence electrons. The third-order valence-electron chi connectivity index (χ3n) is 1.54. The molecular formula is C7H13KO4. The van der Waals surface area contributed by atoms with Crippen molar-refractivity contribution < 1.29 is 19.8 Å². The molecule has 5 heteroatoms. The summed E-state index contributed by atoms with van der Waals surface area (Å²) in [6, 6.07) is 0. The van der Waals surface area contributed by atoms with Crippen LogP contribution in [0.2, 0.25) is 0 Å². The SMILES string of the molecule is CC(C)(CCC(=O)O)C(=O)O.[KH]. The Morgan fingerprint density at radius 2 is 1.67 bits per heavy atom. The molecule has 0 amide bonds. The van der Waals surface area contributed by atoms with E-state index in [-0.39, 0.29) is 64.2 Å². The van der Waals surface area contributed by atoms with Crippen LogP contribution in [0.1, 0.15) is 26.7 Å². The summed E-state index contributed by atoms with van der Waals surface area (Å²) in [4.78, 5) is 20.5. The Hall–Kier alpha value is 0.576. The number of carboxylic acids is 2. The minimum atomic E-state index is -0.959. The van der Waals surface area contributed by atoms with E-state index in [1.165, 1.54) is 13.8 Å². The summed E-state index contributed by atoms with van der Waals surface area (Å²) in [6.45, 7) is 3.02. The third-order valence-corrected chi connectivity index (χ3v) is 1.54. The van der Waals surface area contributed by atoms with E-state index in [9.17, 15) is 9.59 Å². The van der Waals surface area contributed by atoms with E-state index in [0.717, 1.165) is 0 Å². The Morgan fingerprint density at radius 3 is 1.92 bits per heavy atom. The number of hydrogen-bond donors (Lipinski definition) is 2. The summed E-state index contributed by atoms with van der Waals surface area (Å²) in [7, 11) is 0. The van der Waals surface area contributed by atoms with Gasteiger partial charge in [0.1, 0.15) is 0 Å². The summed E-state index contributed by atoms with van der Waals surface area (Å²) < 4.78 is 0. The molecule has 0 rings (SSSR count). The van der Waals surface area contributed by atoms with Crippen LogP contribution in [0.4, 0.5) is 0 Å². The van der Waals surface area contributed by atoms with Crippen molar-refractivity contribution in [2.75, 3.05) is 0 Å². The second-order valence-electron chi connectivity index (χ2n) is 3.08. The Bertz CT molecular complexity index is 176. The van der Waals surface area contributed by atoms with E-state index >= 15 is 0 Å². The zero-order valence-electron chi connectivity index (χ0n) is 6.63. The molecule has 0 aliphatic carbocycles. The van der Waals surface area contributed by atoms with Gasteiger partial charge in [-0.15, -0.1) is 0 Å². The summed E-state index contributed by atoms with van der Waals surface area (Å²) in [5.41, 5.74) is -0.932. The van der Waals surface area contributed by atoms with Crippen LogP contribution in [0, 0.1) is 5.41 Å². The predicted molar refractivity (Wildman–Crippen MR) is 45.4 cm³/mol. The summed E-state index contributed by atoms with van der Waals surface area (Å²) in [6.07, 6.45) is 0.0664. The molecule has 0 atom stereocenters. The zero-order chi connectivity index (χ0) is 9.07. The number of rotatable bonds is 4. The van der Waals surface area contributed by atoms with Gasteiger partial charge in [-0.2, -0.15) is 0 Å². The van der Waals surface area contributed by atoms with Gasteiger partial charge in [-0.1, -0.05) is 0 Å². The number of aliphatic carboxylic acids is 2. The van der Waals surface area contributed by atoms with Crippen molar-refractivity contribution in [1.29, 1.82) is 0 Å². The second-order valence-corrected chi connectivity index (χ2v) is 3.08. The quantitative estimate of drug-likeness (QED) is 0.641. The Balaban J connectivity index is 0. The maximum absolute atomic E-state index is 10.4. The molecule has 2 N–H and O–H groups in total. The van der Waals surface area contributed by atoms with E-state index in [4.69, 9.17) is 10.2 Å². The van der Waals surface area contributed by atoms with Crippen LogP contribution in [0.25, 0.3) is 0 Å². The molecule has 0 radical (unpaired) electrons. The van der Waals surface area contributed by atoms with Crippen molar-refractivity contribution in [3.8, 4) is 0 Å². The van der Waals surface area contributed by atoms with Crippen LogP contribution < -0.4 is 0 Å². The summed E-state index contributed by atoms with van der Waals surface area (Å²) in [5, 5.41) is 16.8. The minimum absolute atomic E-state index is 0. The Labute approximate surface area is 114 Å². The molecule has 0 aromatic carbocycles. The molecule has 0 aliphatic rings. The Kier molecular flexibility index (Phi) is 7.65. The van der Waals surface area contributed by atoms with Gasteiger partial charge in [0.2, 0.25) is 0 Å². The molecule has 0 saturated heterocycles. The molecule has 0 bridgehead atoms. The fraction of sp³-hybridized carbons (Fsp3) is 0.714. The first kappa shape index (κ1) is 15.1. The normalized spacial score (nSPS) is 10.2. The van der Waals surface area contributed by atoms with Gasteiger partial charge in [-0.3, -0.25) is 9.59 Å². The molecule has 0 spiro atoms. The van der Waals surface area contributed by atoms with Crippen LogP contribution >= 0.6 is 0 Å². The van der Waals surface area contributed by atoms with Gasteiger partial charge in [0.05, 0.1) is 5.41 Å². The average molecular weight is 200 g/mol. The molecule has 0 aromatic rings. The fourth-order valence-electron chi connectivity index (χ4n) is 0.526. The maximum atomic E-state index is 10.4. The van der Waals surface area contributed by atoms with E-state index < -0.39 is 17.4 Å². The average Bonchev–Trinajstić information content (AvgIpc) is 1.84. The third kappa shape index (κ3) is 6.13. The van der Waals surface area contributed by atoms with Crippen LogP contribution in [0.5, 0.6) is 0 Å². The molecule has 0 unspecified atom stereocenters. The number of carboxylic acid groups (broad SMARTS) is 2. The van der Waals surface area contributed by atoms with Gasteiger partial charge in [0.25, 0.3) is 0 Å². The van der Waals surface area contributed by atoms with Gasteiger partial charge < -0.3 is 10.2 Å². The summed E-state index contributed by atoms with van der Waals surface area (Å²) in [5.74, 6) is -1.92. The Morgan fingerprint density at radius 1 is 1.25 bits per heavy atom. The first-order valence-corrected chi connectivity index (χ1v) is 3.31. The predicted octanol–water partition coefficient (Wildman–Crippen LogP) is 0.313. The summed E-state index contributed by atoms with van der Waals surface area (Å²) >= 11 is 0. The molecule has 0 aliphatic heterocycles. The first-order chi connectivity index (χ1) is 4.86. The van der Waals surface area contributed by atoms with Crippen LogP contribution in [-0.4, -0.2) is 73.5 Å². The molecule has 12 heavy (non-hydrogen) atoms. The molecular weight excluding hydrogens is 187 g/mol. The van der Waals surface area contributed by atoms with E-state index in [2.05, 4.69) is 0 Å². The molecule has 4 nitrogen and oxygen atoms in total. The fourth-order valence-corrected chi connectivity index (χ4v) is 0.526. The van der Waals surface area contributed by atoms with Crippen LogP contribution in [0.15, 0.2) is 0 Å². The van der Waals surface area contributed by atoms with Crippen molar-refractivity contribution in [3.05, 3.63) is 0 Å². The van der Waals surface area contributed by atoms with Crippen LogP contribution in [0.3, 0.4) is 0 Å². The monoisotopic (exact) mass is 200 g/mol. The second kappa shape index (κ2) is 6.09. The van der Waals surface area contributed by atoms with Crippen molar-refractivity contribution in [2.24, 2.45) is 5.41 Å². The van der Waals surface area contributed by atoms with Crippen molar-refractivity contribution in [1.82, 2.24) is 0 Å². The molecule has 0 fully saturated rings. The van der Waals surface area contributed by atoms with Gasteiger partial charge in [0, 0.05) is 6.42 Å². The van der Waals surface area contributed by atoms with E-state index in [1.807, 2.05) is 0 Å². The van der Waals surface area contributed by atoms with Gasteiger partial charge in [0.15, 0.2) is 0 Å². The van der Waals surface area contributed by atoms with Gasteiger partial charge in [-0.25, -0.2) is 0 Å².